The third kappa shape index (κ3) is 3.92. The molecule has 0 spiro atoms. The quantitative estimate of drug-likeness (QED) is 0.637. The average molecular weight is 421 g/mol. The number of hydrogen-bond donors (Lipinski definition) is 0. The second kappa shape index (κ2) is 8.53. The van der Waals surface area contributed by atoms with Crippen molar-refractivity contribution < 1.29 is 4.79 Å². The number of piperidine rings is 1. The molecule has 2 saturated heterocycles. The van der Waals surface area contributed by atoms with Crippen LogP contribution in [0.4, 0.5) is 0 Å². The van der Waals surface area contributed by atoms with Gasteiger partial charge in [0.25, 0.3) is 0 Å². The lowest BCUT2D eigenvalue weighted by Crippen LogP contribution is -2.49. The molecule has 1 aromatic heterocycles. The standard InChI is InChI=1S/C24H28N4OS/c1-26-13-15-27(16-14-26)17-22(29)28-11-8-18(9-12-28)23-19-5-2-3-7-21(19)30-24-20(23)6-4-10-25-24/h2-7,10H,8-9,11-17H2,1H3. The summed E-state index contributed by atoms with van der Waals surface area (Å²) in [5.41, 5.74) is 5.36. The molecule has 30 heavy (non-hydrogen) atoms. The number of carbonyl (C=O) groups is 1. The summed E-state index contributed by atoms with van der Waals surface area (Å²) in [6.45, 7) is 6.27. The highest BCUT2D eigenvalue weighted by molar-refractivity contribution is 7.99. The molecule has 2 aromatic rings. The number of nitrogens with zero attached hydrogens (tertiary/aromatic N) is 4. The molecule has 0 atom stereocenters. The van der Waals surface area contributed by atoms with Crippen molar-refractivity contribution in [1.82, 2.24) is 19.7 Å². The SMILES string of the molecule is CN1CCN(CC(=O)N2CCC(=C3c4ccccc4Sc4ncccc43)CC2)CC1. The first-order valence-corrected chi connectivity index (χ1v) is 11.6. The molecule has 1 aromatic carbocycles. The molecule has 0 unspecified atom stereocenters. The first kappa shape index (κ1) is 19.8. The van der Waals surface area contributed by atoms with Crippen molar-refractivity contribution in [3.8, 4) is 0 Å². The molecule has 1 amide bonds. The van der Waals surface area contributed by atoms with Crippen molar-refractivity contribution >= 4 is 23.2 Å². The fourth-order valence-electron chi connectivity index (χ4n) is 4.63. The molecule has 4 heterocycles. The molecule has 0 N–H and O–H groups in total. The number of aromatic nitrogens is 1. The Bertz CT molecular complexity index is 923. The molecule has 6 heteroatoms. The first-order chi connectivity index (χ1) is 14.7. The van der Waals surface area contributed by atoms with Gasteiger partial charge in [-0.15, -0.1) is 0 Å². The summed E-state index contributed by atoms with van der Waals surface area (Å²) in [7, 11) is 2.15. The number of fused-ring (bicyclic) bond motifs is 2. The summed E-state index contributed by atoms with van der Waals surface area (Å²) in [4.78, 5) is 25.5. The monoisotopic (exact) mass is 420 g/mol. The Kier molecular flexibility index (Phi) is 5.63. The number of pyridine rings is 1. The lowest BCUT2D eigenvalue weighted by Gasteiger charge is -2.35. The summed E-state index contributed by atoms with van der Waals surface area (Å²) in [5.74, 6) is 0.283. The molecule has 5 nitrogen and oxygen atoms in total. The van der Waals surface area contributed by atoms with Gasteiger partial charge in [-0.3, -0.25) is 9.69 Å². The lowest BCUT2D eigenvalue weighted by atomic mass is 9.88. The zero-order valence-electron chi connectivity index (χ0n) is 17.5. The molecule has 3 aliphatic heterocycles. The fourth-order valence-corrected chi connectivity index (χ4v) is 5.66. The molecule has 5 rings (SSSR count). The van der Waals surface area contributed by atoms with Gasteiger partial charge in [0.1, 0.15) is 5.03 Å². The van der Waals surface area contributed by atoms with E-state index < -0.39 is 0 Å². The van der Waals surface area contributed by atoms with Crippen LogP contribution < -0.4 is 0 Å². The Balaban J connectivity index is 1.33. The van der Waals surface area contributed by atoms with Crippen molar-refractivity contribution in [2.24, 2.45) is 0 Å². The van der Waals surface area contributed by atoms with E-state index in [-0.39, 0.29) is 5.91 Å². The van der Waals surface area contributed by atoms with Crippen LogP contribution in [-0.2, 0) is 4.79 Å². The number of piperazine rings is 1. The smallest absolute Gasteiger partial charge is 0.236 e. The number of hydrogen-bond acceptors (Lipinski definition) is 5. The van der Waals surface area contributed by atoms with Crippen LogP contribution in [0.5, 0.6) is 0 Å². The van der Waals surface area contributed by atoms with E-state index in [2.05, 4.69) is 57.1 Å². The topological polar surface area (TPSA) is 39.7 Å². The maximum atomic E-state index is 12.9. The van der Waals surface area contributed by atoms with Crippen LogP contribution in [0, 0.1) is 0 Å². The van der Waals surface area contributed by atoms with Crippen LogP contribution in [0.15, 0.2) is 58.1 Å². The summed E-state index contributed by atoms with van der Waals surface area (Å²) in [6, 6.07) is 12.9. The van der Waals surface area contributed by atoms with Gasteiger partial charge in [-0.2, -0.15) is 0 Å². The molecule has 0 radical (unpaired) electrons. The van der Waals surface area contributed by atoms with E-state index in [9.17, 15) is 4.79 Å². The second-order valence-electron chi connectivity index (χ2n) is 8.39. The van der Waals surface area contributed by atoms with E-state index in [1.807, 2.05) is 12.3 Å². The molecule has 0 aliphatic carbocycles. The van der Waals surface area contributed by atoms with Gasteiger partial charge in [-0.1, -0.05) is 41.6 Å². The van der Waals surface area contributed by atoms with Crippen LogP contribution in [0.2, 0.25) is 0 Å². The van der Waals surface area contributed by atoms with E-state index in [0.717, 1.165) is 57.1 Å². The Morgan fingerprint density at radius 2 is 1.70 bits per heavy atom. The maximum Gasteiger partial charge on any atom is 0.236 e. The summed E-state index contributed by atoms with van der Waals surface area (Å²) >= 11 is 1.76. The average Bonchev–Trinajstić information content (AvgIpc) is 2.79. The summed E-state index contributed by atoms with van der Waals surface area (Å²) < 4.78 is 0. The first-order valence-electron chi connectivity index (χ1n) is 10.8. The van der Waals surface area contributed by atoms with Crippen molar-refractivity contribution in [1.29, 1.82) is 0 Å². The van der Waals surface area contributed by atoms with Gasteiger partial charge in [-0.05, 0) is 43.2 Å². The van der Waals surface area contributed by atoms with Crippen LogP contribution >= 0.6 is 11.8 Å². The highest BCUT2D eigenvalue weighted by atomic mass is 32.2. The normalized spacial score (nSPS) is 20.1. The van der Waals surface area contributed by atoms with Gasteiger partial charge in [0, 0.05) is 55.9 Å². The minimum atomic E-state index is 0.283. The van der Waals surface area contributed by atoms with E-state index >= 15 is 0 Å². The van der Waals surface area contributed by atoms with Crippen molar-refractivity contribution in [3.63, 3.8) is 0 Å². The van der Waals surface area contributed by atoms with E-state index in [1.54, 1.807) is 11.8 Å². The second-order valence-corrected chi connectivity index (χ2v) is 9.42. The Hall–Kier alpha value is -2.15. The number of carbonyl (C=O) groups excluding carboxylic acids is 1. The van der Waals surface area contributed by atoms with Gasteiger partial charge < -0.3 is 9.80 Å². The van der Waals surface area contributed by atoms with E-state index in [4.69, 9.17) is 0 Å². The van der Waals surface area contributed by atoms with Gasteiger partial charge in [0.15, 0.2) is 0 Å². The zero-order valence-corrected chi connectivity index (χ0v) is 18.3. The molecule has 2 fully saturated rings. The number of likely N-dealkylation sites (tertiary alicyclic amines) is 1. The third-order valence-electron chi connectivity index (χ3n) is 6.43. The van der Waals surface area contributed by atoms with Gasteiger partial charge in [0.05, 0.1) is 6.54 Å². The van der Waals surface area contributed by atoms with Crippen molar-refractivity contribution in [2.45, 2.75) is 22.8 Å². The molecule has 0 bridgehead atoms. The minimum Gasteiger partial charge on any atom is -0.341 e. The highest BCUT2D eigenvalue weighted by Crippen LogP contribution is 2.46. The van der Waals surface area contributed by atoms with Crippen LogP contribution in [0.3, 0.4) is 0 Å². The molecule has 0 saturated carbocycles. The van der Waals surface area contributed by atoms with Crippen LogP contribution in [-0.4, -0.2) is 78.5 Å². The largest absolute Gasteiger partial charge is 0.341 e. The molecule has 156 valence electrons. The number of likely N-dealkylation sites (N-methyl/N-ethyl adjacent to an activating group) is 1. The van der Waals surface area contributed by atoms with Gasteiger partial charge in [-0.25, -0.2) is 4.98 Å². The number of amides is 1. The zero-order chi connectivity index (χ0) is 20.5. The predicted molar refractivity (Wildman–Crippen MR) is 121 cm³/mol. The Morgan fingerprint density at radius 3 is 2.50 bits per heavy atom. The number of benzene rings is 1. The predicted octanol–water partition coefficient (Wildman–Crippen LogP) is 3.22. The number of rotatable bonds is 2. The van der Waals surface area contributed by atoms with Gasteiger partial charge >= 0.3 is 0 Å². The van der Waals surface area contributed by atoms with E-state index in [1.165, 1.54) is 27.2 Å². The Labute approximate surface area is 182 Å². The van der Waals surface area contributed by atoms with Crippen LogP contribution in [0.25, 0.3) is 5.57 Å². The van der Waals surface area contributed by atoms with Crippen molar-refractivity contribution in [2.75, 3.05) is 52.9 Å². The Morgan fingerprint density at radius 1 is 0.967 bits per heavy atom. The third-order valence-corrected chi connectivity index (χ3v) is 7.53. The van der Waals surface area contributed by atoms with Crippen LogP contribution in [0.1, 0.15) is 24.0 Å². The van der Waals surface area contributed by atoms with Gasteiger partial charge in [0.2, 0.25) is 5.91 Å². The summed E-state index contributed by atoms with van der Waals surface area (Å²) in [5, 5.41) is 1.09. The molecular formula is C24H28N4OS. The van der Waals surface area contributed by atoms with Crippen molar-refractivity contribution in [3.05, 3.63) is 59.3 Å². The highest BCUT2D eigenvalue weighted by Gasteiger charge is 2.28. The fraction of sp³-hybridized carbons (Fsp3) is 0.417. The molecular weight excluding hydrogens is 392 g/mol. The maximum absolute atomic E-state index is 12.9. The summed E-state index contributed by atoms with van der Waals surface area (Å²) in [6.07, 6.45) is 3.76. The lowest BCUT2D eigenvalue weighted by molar-refractivity contribution is -0.133. The molecule has 3 aliphatic rings. The minimum absolute atomic E-state index is 0.283. The van der Waals surface area contributed by atoms with E-state index in [0.29, 0.717) is 6.54 Å².